The maximum absolute atomic E-state index is 11.8. The summed E-state index contributed by atoms with van der Waals surface area (Å²) in [6.45, 7) is -1.40. The molecule has 0 bridgehead atoms. The second-order valence-electron chi connectivity index (χ2n) is 3.62. The molecule has 1 rings (SSSR count). The highest BCUT2D eigenvalue weighted by Gasteiger charge is 2.27. The highest BCUT2D eigenvalue weighted by Crippen LogP contribution is 2.25. The molecular formula is C12H14ClF3O3. The molecule has 1 aromatic rings. The Morgan fingerprint density at radius 3 is 2.53 bits per heavy atom. The van der Waals surface area contributed by atoms with Gasteiger partial charge in [0.15, 0.2) is 0 Å². The van der Waals surface area contributed by atoms with Gasteiger partial charge in [-0.3, -0.25) is 0 Å². The number of rotatable bonds is 7. The molecule has 0 atom stereocenters. The first-order valence-corrected chi connectivity index (χ1v) is 6.00. The third-order valence-corrected chi connectivity index (χ3v) is 2.45. The molecule has 3 nitrogen and oxygen atoms in total. The number of halogens is 4. The Labute approximate surface area is 114 Å². The number of benzene rings is 1. The highest BCUT2D eigenvalue weighted by molar-refractivity contribution is 6.17. The van der Waals surface area contributed by atoms with Gasteiger partial charge in [0.1, 0.15) is 24.7 Å². The molecule has 108 valence electrons. The summed E-state index contributed by atoms with van der Waals surface area (Å²) in [5.41, 5.74) is 0.705. The van der Waals surface area contributed by atoms with Crippen molar-refractivity contribution in [2.24, 2.45) is 0 Å². The summed E-state index contributed by atoms with van der Waals surface area (Å²) in [6, 6.07) is 5.04. The molecule has 0 fully saturated rings. The van der Waals surface area contributed by atoms with Gasteiger partial charge in [0.2, 0.25) is 0 Å². The number of ether oxygens (including phenoxy) is 3. The SMILES string of the molecule is COc1ccc(OCCOCC(F)(F)F)c(CCl)c1. The first-order valence-electron chi connectivity index (χ1n) is 5.46. The van der Waals surface area contributed by atoms with Crippen molar-refractivity contribution in [1.29, 1.82) is 0 Å². The van der Waals surface area contributed by atoms with Gasteiger partial charge in [-0.15, -0.1) is 11.6 Å². The Bertz CT molecular complexity index is 396. The van der Waals surface area contributed by atoms with E-state index in [4.69, 9.17) is 21.1 Å². The van der Waals surface area contributed by atoms with Gasteiger partial charge in [-0.1, -0.05) is 0 Å². The zero-order valence-electron chi connectivity index (χ0n) is 10.3. The zero-order chi connectivity index (χ0) is 14.3. The molecule has 7 heteroatoms. The van der Waals surface area contributed by atoms with Crippen molar-refractivity contribution < 1.29 is 27.4 Å². The van der Waals surface area contributed by atoms with Crippen molar-refractivity contribution in [3.8, 4) is 11.5 Å². The molecule has 0 heterocycles. The summed E-state index contributed by atoms with van der Waals surface area (Å²) in [7, 11) is 1.53. The van der Waals surface area contributed by atoms with Crippen molar-refractivity contribution in [3.05, 3.63) is 23.8 Å². The number of methoxy groups -OCH3 is 1. The van der Waals surface area contributed by atoms with Crippen molar-refractivity contribution in [1.82, 2.24) is 0 Å². The predicted octanol–water partition coefficient (Wildman–Crippen LogP) is 3.39. The average molecular weight is 299 g/mol. The molecule has 0 saturated carbocycles. The Hall–Kier alpha value is -1.14. The summed E-state index contributed by atoms with van der Waals surface area (Å²) in [6.07, 6.45) is -4.32. The minimum absolute atomic E-state index is 0.0201. The molecule has 0 aliphatic rings. The third-order valence-electron chi connectivity index (χ3n) is 2.16. The van der Waals surface area contributed by atoms with Crippen LogP contribution in [0, 0.1) is 0 Å². The monoisotopic (exact) mass is 298 g/mol. The highest BCUT2D eigenvalue weighted by atomic mass is 35.5. The second-order valence-corrected chi connectivity index (χ2v) is 3.89. The van der Waals surface area contributed by atoms with E-state index >= 15 is 0 Å². The van der Waals surface area contributed by atoms with Crippen LogP contribution in [0.2, 0.25) is 0 Å². The minimum atomic E-state index is -4.32. The lowest BCUT2D eigenvalue weighted by molar-refractivity contribution is -0.175. The van der Waals surface area contributed by atoms with Crippen LogP contribution in [0.25, 0.3) is 0 Å². The summed E-state index contributed by atoms with van der Waals surface area (Å²) < 4.78 is 50.2. The predicted molar refractivity (Wildman–Crippen MR) is 64.9 cm³/mol. The summed E-state index contributed by atoms with van der Waals surface area (Å²) in [5, 5.41) is 0. The van der Waals surface area contributed by atoms with Gasteiger partial charge in [-0.05, 0) is 18.2 Å². The lowest BCUT2D eigenvalue weighted by Crippen LogP contribution is -2.19. The molecule has 1 aromatic carbocycles. The van der Waals surface area contributed by atoms with E-state index in [0.717, 1.165) is 0 Å². The Kier molecular flexibility index (Phi) is 6.24. The first kappa shape index (κ1) is 15.9. The van der Waals surface area contributed by atoms with Crippen LogP contribution in [-0.2, 0) is 10.6 Å². The molecule has 19 heavy (non-hydrogen) atoms. The molecular weight excluding hydrogens is 285 g/mol. The standard InChI is InChI=1S/C12H14ClF3O3/c1-17-10-2-3-11(9(6-10)7-13)19-5-4-18-8-12(14,15)16/h2-3,6H,4-5,7-8H2,1H3. The van der Waals surface area contributed by atoms with Gasteiger partial charge in [-0.25, -0.2) is 0 Å². The van der Waals surface area contributed by atoms with Crippen molar-refractivity contribution in [2.45, 2.75) is 12.1 Å². The fraction of sp³-hybridized carbons (Fsp3) is 0.500. The van der Waals surface area contributed by atoms with E-state index in [1.54, 1.807) is 18.2 Å². The summed E-state index contributed by atoms with van der Waals surface area (Å²) >= 11 is 5.75. The molecule has 0 N–H and O–H groups in total. The molecule has 0 unspecified atom stereocenters. The van der Waals surface area contributed by atoms with E-state index < -0.39 is 12.8 Å². The van der Waals surface area contributed by atoms with Gasteiger partial charge in [0.25, 0.3) is 0 Å². The Morgan fingerprint density at radius 1 is 1.21 bits per heavy atom. The van der Waals surface area contributed by atoms with Gasteiger partial charge >= 0.3 is 6.18 Å². The largest absolute Gasteiger partial charge is 0.497 e. The molecule has 0 aliphatic carbocycles. The molecule has 0 amide bonds. The van der Waals surface area contributed by atoms with Crippen LogP contribution in [0.5, 0.6) is 11.5 Å². The first-order chi connectivity index (χ1) is 8.96. The summed E-state index contributed by atoms with van der Waals surface area (Å²) in [4.78, 5) is 0. The summed E-state index contributed by atoms with van der Waals surface area (Å²) in [5.74, 6) is 1.36. The zero-order valence-corrected chi connectivity index (χ0v) is 11.1. The van der Waals surface area contributed by atoms with E-state index in [1.807, 2.05) is 0 Å². The second kappa shape index (κ2) is 7.45. The van der Waals surface area contributed by atoms with E-state index in [2.05, 4.69) is 4.74 Å². The van der Waals surface area contributed by atoms with Gasteiger partial charge in [-0.2, -0.15) is 13.2 Å². The molecule has 0 aliphatic heterocycles. The van der Waals surface area contributed by atoms with E-state index in [9.17, 15) is 13.2 Å². The van der Waals surface area contributed by atoms with E-state index in [0.29, 0.717) is 17.1 Å². The quantitative estimate of drug-likeness (QED) is 0.570. The smallest absolute Gasteiger partial charge is 0.411 e. The maximum atomic E-state index is 11.8. The molecule has 0 spiro atoms. The molecule has 0 saturated heterocycles. The fourth-order valence-electron chi connectivity index (χ4n) is 1.33. The maximum Gasteiger partial charge on any atom is 0.411 e. The lowest BCUT2D eigenvalue weighted by Gasteiger charge is -2.12. The van der Waals surface area contributed by atoms with Crippen LogP contribution >= 0.6 is 11.6 Å². The van der Waals surface area contributed by atoms with E-state index in [-0.39, 0.29) is 19.1 Å². The molecule has 0 aromatic heterocycles. The molecule has 0 radical (unpaired) electrons. The Morgan fingerprint density at radius 2 is 1.95 bits per heavy atom. The Balaban J connectivity index is 2.41. The van der Waals surface area contributed by atoms with Crippen LogP contribution in [-0.4, -0.2) is 33.1 Å². The van der Waals surface area contributed by atoms with Crippen molar-refractivity contribution in [2.75, 3.05) is 26.9 Å². The van der Waals surface area contributed by atoms with Crippen LogP contribution in [0.1, 0.15) is 5.56 Å². The normalized spacial score (nSPS) is 11.4. The topological polar surface area (TPSA) is 27.7 Å². The van der Waals surface area contributed by atoms with Crippen LogP contribution < -0.4 is 9.47 Å². The third kappa shape index (κ3) is 6.02. The number of hydrogen-bond donors (Lipinski definition) is 0. The number of hydrogen-bond acceptors (Lipinski definition) is 3. The van der Waals surface area contributed by atoms with Crippen molar-refractivity contribution >= 4 is 11.6 Å². The van der Waals surface area contributed by atoms with Crippen molar-refractivity contribution in [3.63, 3.8) is 0 Å². The van der Waals surface area contributed by atoms with Gasteiger partial charge < -0.3 is 14.2 Å². The van der Waals surface area contributed by atoms with Crippen LogP contribution in [0.3, 0.4) is 0 Å². The fourth-order valence-corrected chi connectivity index (χ4v) is 1.54. The van der Waals surface area contributed by atoms with Crippen LogP contribution in [0.15, 0.2) is 18.2 Å². The van der Waals surface area contributed by atoms with Gasteiger partial charge in [0.05, 0.1) is 19.6 Å². The van der Waals surface area contributed by atoms with Gasteiger partial charge in [0, 0.05) is 5.56 Å². The lowest BCUT2D eigenvalue weighted by atomic mass is 10.2. The van der Waals surface area contributed by atoms with Crippen LogP contribution in [0.4, 0.5) is 13.2 Å². The van der Waals surface area contributed by atoms with E-state index in [1.165, 1.54) is 7.11 Å². The number of alkyl halides is 4. The minimum Gasteiger partial charge on any atom is -0.497 e. The average Bonchev–Trinajstić information content (AvgIpc) is 2.37.